The third kappa shape index (κ3) is 3.52. The number of nitrogens with zero attached hydrogens (tertiary/aromatic N) is 2. The summed E-state index contributed by atoms with van der Waals surface area (Å²) in [5.41, 5.74) is 2.37. The van der Waals surface area contributed by atoms with Gasteiger partial charge in [0.05, 0.1) is 24.5 Å². The zero-order valence-electron chi connectivity index (χ0n) is 12.6. The first-order valence-electron chi connectivity index (χ1n) is 7.09. The van der Waals surface area contributed by atoms with E-state index in [-0.39, 0.29) is 5.91 Å². The number of amides is 1. The monoisotopic (exact) mass is 305 g/mol. The van der Waals surface area contributed by atoms with Crippen molar-refractivity contribution in [1.82, 2.24) is 9.97 Å². The Morgan fingerprint density at radius 3 is 2.78 bits per heavy atom. The van der Waals surface area contributed by atoms with Crippen molar-refractivity contribution in [3.8, 4) is 5.88 Å². The molecule has 3 rings (SSSR count). The Bertz CT molecular complexity index is 852. The number of carbonyl (C=O) groups excluding carboxylic acids is 1. The van der Waals surface area contributed by atoms with Crippen LogP contribution in [0.25, 0.3) is 17.0 Å². The molecule has 114 valence electrons. The van der Waals surface area contributed by atoms with E-state index in [0.717, 1.165) is 16.5 Å². The Morgan fingerprint density at radius 1 is 1.13 bits per heavy atom. The number of para-hydroxylation sites is 1. The summed E-state index contributed by atoms with van der Waals surface area (Å²) in [6, 6.07) is 13.2. The van der Waals surface area contributed by atoms with Crippen molar-refractivity contribution in [3.63, 3.8) is 0 Å². The molecular formula is C18H15N3O2. The SMILES string of the molecule is COc1ccc(NC(=O)/C=C/c2cccc3cccnc23)cn1. The number of hydrogen-bond donors (Lipinski definition) is 1. The molecular weight excluding hydrogens is 290 g/mol. The van der Waals surface area contributed by atoms with Crippen LogP contribution in [0.3, 0.4) is 0 Å². The van der Waals surface area contributed by atoms with E-state index in [0.29, 0.717) is 11.6 Å². The van der Waals surface area contributed by atoms with Crippen LogP contribution in [0, 0.1) is 0 Å². The van der Waals surface area contributed by atoms with Gasteiger partial charge in [-0.2, -0.15) is 0 Å². The number of hydrogen-bond acceptors (Lipinski definition) is 4. The first kappa shape index (κ1) is 14.7. The van der Waals surface area contributed by atoms with E-state index in [9.17, 15) is 4.79 Å². The van der Waals surface area contributed by atoms with Crippen LogP contribution in [0.4, 0.5) is 5.69 Å². The largest absolute Gasteiger partial charge is 0.481 e. The van der Waals surface area contributed by atoms with Gasteiger partial charge in [-0.3, -0.25) is 9.78 Å². The van der Waals surface area contributed by atoms with Crippen LogP contribution in [-0.4, -0.2) is 23.0 Å². The quantitative estimate of drug-likeness (QED) is 0.751. The molecule has 0 bridgehead atoms. The average molecular weight is 305 g/mol. The van der Waals surface area contributed by atoms with Gasteiger partial charge in [-0.05, 0) is 18.2 Å². The molecule has 0 aliphatic carbocycles. The van der Waals surface area contributed by atoms with Gasteiger partial charge < -0.3 is 10.1 Å². The third-order valence-corrected chi connectivity index (χ3v) is 3.29. The molecule has 1 amide bonds. The van der Waals surface area contributed by atoms with Crippen molar-refractivity contribution < 1.29 is 9.53 Å². The molecule has 2 aromatic heterocycles. The molecule has 2 heterocycles. The fourth-order valence-electron chi connectivity index (χ4n) is 2.19. The molecule has 0 unspecified atom stereocenters. The summed E-state index contributed by atoms with van der Waals surface area (Å²) in [5.74, 6) is 0.269. The lowest BCUT2D eigenvalue weighted by atomic mass is 10.1. The molecule has 1 N–H and O–H groups in total. The number of aromatic nitrogens is 2. The van der Waals surface area contributed by atoms with Crippen molar-refractivity contribution in [2.75, 3.05) is 12.4 Å². The van der Waals surface area contributed by atoms with Crippen LogP contribution in [0.2, 0.25) is 0 Å². The van der Waals surface area contributed by atoms with Gasteiger partial charge in [0.15, 0.2) is 0 Å². The lowest BCUT2D eigenvalue weighted by Gasteiger charge is -2.03. The van der Waals surface area contributed by atoms with Gasteiger partial charge >= 0.3 is 0 Å². The van der Waals surface area contributed by atoms with E-state index < -0.39 is 0 Å². The molecule has 0 fully saturated rings. The highest BCUT2D eigenvalue weighted by atomic mass is 16.5. The molecule has 0 spiro atoms. The van der Waals surface area contributed by atoms with Crippen LogP contribution in [0.1, 0.15) is 5.56 Å². The van der Waals surface area contributed by atoms with Gasteiger partial charge in [0.1, 0.15) is 0 Å². The van der Waals surface area contributed by atoms with E-state index in [4.69, 9.17) is 4.74 Å². The Hall–Kier alpha value is -3.21. The standard InChI is InChI=1S/C18H15N3O2/c1-23-17-10-8-15(12-20-17)21-16(22)9-7-14-5-2-4-13-6-3-11-19-18(13)14/h2-12H,1H3,(H,21,22)/b9-7+. The van der Waals surface area contributed by atoms with E-state index in [2.05, 4.69) is 15.3 Å². The summed E-state index contributed by atoms with van der Waals surface area (Å²) in [5, 5.41) is 3.78. The molecule has 0 aliphatic rings. The number of carbonyl (C=O) groups is 1. The predicted molar refractivity (Wildman–Crippen MR) is 90.2 cm³/mol. The zero-order chi connectivity index (χ0) is 16.1. The van der Waals surface area contributed by atoms with Crippen molar-refractivity contribution in [2.45, 2.75) is 0 Å². The highest BCUT2D eigenvalue weighted by molar-refractivity contribution is 6.03. The Labute approximate surface area is 133 Å². The van der Waals surface area contributed by atoms with E-state index >= 15 is 0 Å². The Morgan fingerprint density at radius 2 is 2.00 bits per heavy atom. The molecule has 5 heteroatoms. The van der Waals surface area contributed by atoms with Gasteiger partial charge in [0, 0.05) is 29.3 Å². The first-order valence-corrected chi connectivity index (χ1v) is 7.09. The Kier molecular flexibility index (Phi) is 4.29. The number of fused-ring (bicyclic) bond motifs is 1. The van der Waals surface area contributed by atoms with Crippen molar-refractivity contribution in [2.24, 2.45) is 0 Å². The Balaban J connectivity index is 1.74. The minimum absolute atomic E-state index is 0.232. The average Bonchev–Trinajstić information content (AvgIpc) is 2.60. The summed E-state index contributed by atoms with van der Waals surface area (Å²) >= 11 is 0. The first-order chi connectivity index (χ1) is 11.3. The predicted octanol–water partition coefficient (Wildman–Crippen LogP) is 3.29. The second-order valence-corrected chi connectivity index (χ2v) is 4.83. The normalized spacial score (nSPS) is 10.8. The summed E-state index contributed by atoms with van der Waals surface area (Å²) in [4.78, 5) is 20.4. The van der Waals surface area contributed by atoms with Crippen molar-refractivity contribution in [1.29, 1.82) is 0 Å². The topological polar surface area (TPSA) is 64.1 Å². The number of benzene rings is 1. The second kappa shape index (κ2) is 6.70. The maximum Gasteiger partial charge on any atom is 0.248 e. The fourth-order valence-corrected chi connectivity index (χ4v) is 2.19. The minimum atomic E-state index is -0.232. The molecule has 23 heavy (non-hydrogen) atoms. The molecule has 3 aromatic rings. The maximum atomic E-state index is 12.0. The van der Waals surface area contributed by atoms with Gasteiger partial charge in [-0.1, -0.05) is 24.3 Å². The van der Waals surface area contributed by atoms with Gasteiger partial charge in [0.25, 0.3) is 0 Å². The van der Waals surface area contributed by atoms with Crippen molar-refractivity contribution >= 4 is 28.6 Å². The smallest absolute Gasteiger partial charge is 0.248 e. The fraction of sp³-hybridized carbons (Fsp3) is 0.0556. The second-order valence-electron chi connectivity index (χ2n) is 4.83. The number of pyridine rings is 2. The summed E-state index contributed by atoms with van der Waals surface area (Å²) in [6.07, 6.45) is 6.52. The zero-order valence-corrected chi connectivity index (χ0v) is 12.6. The molecule has 0 saturated carbocycles. The van der Waals surface area contributed by atoms with E-state index in [1.165, 1.54) is 6.08 Å². The summed E-state index contributed by atoms with van der Waals surface area (Å²) in [6.45, 7) is 0. The number of ether oxygens (including phenoxy) is 1. The van der Waals surface area contributed by atoms with Crippen molar-refractivity contribution in [3.05, 3.63) is 66.5 Å². The van der Waals surface area contributed by atoms with Gasteiger partial charge in [0.2, 0.25) is 11.8 Å². The van der Waals surface area contributed by atoms with Crippen LogP contribution in [0.5, 0.6) is 5.88 Å². The highest BCUT2D eigenvalue weighted by Gasteiger charge is 2.01. The maximum absolute atomic E-state index is 12.0. The van der Waals surface area contributed by atoms with Crippen LogP contribution in [0.15, 0.2) is 60.9 Å². The van der Waals surface area contributed by atoms with Gasteiger partial charge in [-0.25, -0.2) is 4.98 Å². The molecule has 1 aromatic carbocycles. The molecule has 0 radical (unpaired) electrons. The van der Waals surface area contributed by atoms with Crippen LogP contribution < -0.4 is 10.1 Å². The highest BCUT2D eigenvalue weighted by Crippen LogP contribution is 2.17. The van der Waals surface area contributed by atoms with Crippen LogP contribution in [-0.2, 0) is 4.79 Å². The lowest BCUT2D eigenvalue weighted by molar-refractivity contribution is -0.111. The van der Waals surface area contributed by atoms with E-state index in [1.54, 1.807) is 37.7 Å². The lowest BCUT2D eigenvalue weighted by Crippen LogP contribution is -2.08. The molecule has 0 saturated heterocycles. The third-order valence-electron chi connectivity index (χ3n) is 3.29. The number of nitrogens with one attached hydrogen (secondary N) is 1. The van der Waals surface area contributed by atoms with E-state index in [1.807, 2.05) is 30.3 Å². The van der Waals surface area contributed by atoms with Gasteiger partial charge in [-0.15, -0.1) is 0 Å². The summed E-state index contributed by atoms with van der Waals surface area (Å²) < 4.78 is 4.98. The number of methoxy groups -OCH3 is 1. The number of rotatable bonds is 4. The molecule has 0 aliphatic heterocycles. The van der Waals surface area contributed by atoms with Crippen LogP contribution >= 0.6 is 0 Å². The molecule has 0 atom stereocenters. The minimum Gasteiger partial charge on any atom is -0.481 e. The molecule has 5 nitrogen and oxygen atoms in total. The summed E-state index contributed by atoms with van der Waals surface area (Å²) in [7, 11) is 1.54. The number of anilines is 1.